The van der Waals surface area contributed by atoms with Gasteiger partial charge in [-0.15, -0.1) is 0 Å². The molecule has 0 radical (unpaired) electrons. The second-order valence-electron chi connectivity index (χ2n) is 14.2. The molecule has 9 heteroatoms. The van der Waals surface area contributed by atoms with Crippen LogP contribution in [0.1, 0.15) is 168 Å². The van der Waals surface area contributed by atoms with Gasteiger partial charge in [-0.1, -0.05) is 157 Å². The zero-order valence-corrected chi connectivity index (χ0v) is 36.5. The first-order valence-electron chi connectivity index (χ1n) is 22.1. The topological polar surface area (TPSA) is 117 Å². The number of hydrogen-bond acceptors (Lipinski definition) is 7. The van der Waals surface area contributed by atoms with Crippen molar-refractivity contribution in [1.29, 1.82) is 0 Å². The molecule has 3 N–H and O–H groups in total. The largest absolute Gasteiger partial charge is 0.472 e. The lowest BCUT2D eigenvalue weighted by Gasteiger charge is -2.20. The number of phosphoric acid groups is 1. The smallest absolute Gasteiger partial charge is 0.457 e. The average Bonchev–Trinajstić information content (AvgIpc) is 3.19. The Bertz CT molecular complexity index is 1130. The highest BCUT2D eigenvalue weighted by Crippen LogP contribution is 2.43. The predicted octanol–water partition coefficient (Wildman–Crippen LogP) is 13.3. The Kier molecular flexibility index (Phi) is 42.0. The van der Waals surface area contributed by atoms with Crippen LogP contribution in [0, 0.1) is 0 Å². The maximum Gasteiger partial charge on any atom is 0.472 e. The lowest BCUT2D eigenvalue weighted by atomic mass is 10.1. The molecule has 0 saturated carbocycles. The van der Waals surface area contributed by atoms with Gasteiger partial charge in [-0.25, -0.2) is 4.57 Å². The van der Waals surface area contributed by atoms with Gasteiger partial charge in [0, 0.05) is 19.6 Å². The Hall–Kier alpha value is -2.32. The summed E-state index contributed by atoms with van der Waals surface area (Å²) in [5, 5.41) is 0. The van der Waals surface area contributed by atoms with Crippen molar-refractivity contribution in [3.8, 4) is 0 Å². The summed E-state index contributed by atoms with van der Waals surface area (Å²) in [6, 6.07) is 0. The van der Waals surface area contributed by atoms with Crippen molar-refractivity contribution in [2.24, 2.45) is 5.73 Å². The number of hydrogen-bond donors (Lipinski definition) is 2. The Labute approximate surface area is 343 Å². The maximum absolute atomic E-state index is 12.6. The molecule has 0 aromatic heterocycles. The molecule has 0 aromatic carbocycles. The van der Waals surface area contributed by atoms with Crippen LogP contribution in [-0.4, -0.2) is 49.9 Å². The summed E-state index contributed by atoms with van der Waals surface area (Å²) in [5.41, 5.74) is 5.36. The van der Waals surface area contributed by atoms with Gasteiger partial charge in [0.15, 0.2) is 0 Å². The summed E-state index contributed by atoms with van der Waals surface area (Å²) in [5.74, 6) is -0.377. The molecular formula is C47H82NO7P. The number of unbranched alkanes of at least 4 members (excludes halogenated alkanes) is 14. The Morgan fingerprint density at radius 1 is 0.554 bits per heavy atom. The minimum atomic E-state index is -4.30. The monoisotopic (exact) mass is 804 g/mol. The van der Waals surface area contributed by atoms with Crippen LogP contribution < -0.4 is 5.73 Å². The number of carbonyl (C=O) groups is 1. The Balaban J connectivity index is 4.10. The van der Waals surface area contributed by atoms with Crippen molar-refractivity contribution in [2.45, 2.75) is 174 Å². The van der Waals surface area contributed by atoms with Crippen LogP contribution in [0.25, 0.3) is 0 Å². The number of ether oxygens (including phenoxy) is 2. The lowest BCUT2D eigenvalue weighted by molar-refractivity contribution is -0.154. The number of rotatable bonds is 41. The number of phosphoric ester groups is 1. The van der Waals surface area contributed by atoms with E-state index in [1.54, 1.807) is 0 Å². The third-order valence-electron chi connectivity index (χ3n) is 8.80. The third-order valence-corrected chi connectivity index (χ3v) is 9.78. The molecule has 2 unspecified atom stereocenters. The predicted molar refractivity (Wildman–Crippen MR) is 238 cm³/mol. The molecular weight excluding hydrogens is 721 g/mol. The molecule has 0 rings (SSSR count). The minimum Gasteiger partial charge on any atom is -0.457 e. The fourth-order valence-corrected chi connectivity index (χ4v) is 6.35. The molecule has 322 valence electrons. The highest BCUT2D eigenvalue weighted by molar-refractivity contribution is 7.47. The summed E-state index contributed by atoms with van der Waals surface area (Å²) in [7, 11) is -4.30. The summed E-state index contributed by atoms with van der Waals surface area (Å²) in [4.78, 5) is 22.5. The molecule has 2 atom stereocenters. The third kappa shape index (κ3) is 42.8. The van der Waals surface area contributed by atoms with E-state index >= 15 is 0 Å². The van der Waals surface area contributed by atoms with Gasteiger partial charge < -0.3 is 20.1 Å². The van der Waals surface area contributed by atoms with Crippen molar-refractivity contribution in [2.75, 3.05) is 33.0 Å². The zero-order valence-electron chi connectivity index (χ0n) is 35.6. The van der Waals surface area contributed by atoms with E-state index in [-0.39, 0.29) is 38.8 Å². The molecule has 0 aliphatic heterocycles. The van der Waals surface area contributed by atoms with Gasteiger partial charge in [-0.05, 0) is 89.9 Å². The highest BCUT2D eigenvalue weighted by Gasteiger charge is 2.25. The number of allylic oxidation sites excluding steroid dienone is 14. The Morgan fingerprint density at radius 3 is 1.50 bits per heavy atom. The van der Waals surface area contributed by atoms with Crippen LogP contribution >= 0.6 is 7.82 Å². The molecule has 8 nitrogen and oxygen atoms in total. The van der Waals surface area contributed by atoms with Crippen LogP contribution in [-0.2, 0) is 27.9 Å². The standard InChI is InChI=1S/C47H82NO7P/c1-3-5-7-9-11-13-15-17-19-20-21-22-23-24-25-27-29-31-33-35-37-39-42-52-44-46(45-54-56(50,51)53-43-41-48)55-47(49)40-38-36-34-32-30-28-26-18-16-14-12-10-8-6-4-2/h6,8,12,14-15,17-18,20-21,23-24,26,30,32,46H,3-5,7,9-11,13,16,19,22,25,27-29,31,33-45,48H2,1-2H3,(H,50,51)/b8-6-,14-12-,17-15-,21-20-,24-23-,26-18-,32-30-. The number of esters is 1. The van der Waals surface area contributed by atoms with E-state index < -0.39 is 13.9 Å². The first-order chi connectivity index (χ1) is 27.4. The summed E-state index contributed by atoms with van der Waals surface area (Å²) in [6.45, 7) is 4.69. The van der Waals surface area contributed by atoms with Crippen molar-refractivity contribution < 1.29 is 32.8 Å². The quantitative estimate of drug-likeness (QED) is 0.0272. The van der Waals surface area contributed by atoms with Crippen molar-refractivity contribution in [1.82, 2.24) is 0 Å². The van der Waals surface area contributed by atoms with E-state index in [4.69, 9.17) is 24.3 Å². The molecule has 0 aliphatic rings. The molecule has 0 spiro atoms. The van der Waals surface area contributed by atoms with Gasteiger partial charge >= 0.3 is 13.8 Å². The molecule has 56 heavy (non-hydrogen) atoms. The van der Waals surface area contributed by atoms with Crippen molar-refractivity contribution in [3.63, 3.8) is 0 Å². The SMILES string of the molecule is CC/C=C\C/C=C\C/C=C\C/C=C\CCCCC(=O)OC(COCCCCCCCCC/C=C\C/C=C\C/C=C\CCCCCCC)COP(=O)(O)OCCN. The minimum absolute atomic E-state index is 0.0870. The Morgan fingerprint density at radius 2 is 1.00 bits per heavy atom. The van der Waals surface area contributed by atoms with Gasteiger partial charge in [-0.2, -0.15) is 0 Å². The molecule has 0 amide bonds. The van der Waals surface area contributed by atoms with E-state index in [0.717, 1.165) is 77.0 Å². The summed E-state index contributed by atoms with van der Waals surface area (Å²) >= 11 is 0. The van der Waals surface area contributed by atoms with E-state index in [0.29, 0.717) is 13.0 Å². The van der Waals surface area contributed by atoms with E-state index in [9.17, 15) is 14.3 Å². The lowest BCUT2D eigenvalue weighted by Crippen LogP contribution is -2.28. The molecule has 0 heterocycles. The molecule has 0 bridgehead atoms. The van der Waals surface area contributed by atoms with E-state index in [2.05, 4.69) is 98.9 Å². The fraction of sp³-hybridized carbons (Fsp3) is 0.681. The first kappa shape index (κ1) is 53.7. The average molecular weight is 804 g/mol. The van der Waals surface area contributed by atoms with Crippen LogP contribution in [0.15, 0.2) is 85.1 Å². The van der Waals surface area contributed by atoms with Crippen LogP contribution in [0.3, 0.4) is 0 Å². The van der Waals surface area contributed by atoms with Gasteiger partial charge in [0.2, 0.25) is 0 Å². The molecule has 0 aromatic rings. The second-order valence-corrected chi connectivity index (χ2v) is 15.6. The number of carbonyl (C=O) groups excluding carboxylic acids is 1. The maximum atomic E-state index is 12.6. The molecule has 0 fully saturated rings. The van der Waals surface area contributed by atoms with Gasteiger partial charge in [0.1, 0.15) is 6.10 Å². The van der Waals surface area contributed by atoms with Crippen LogP contribution in [0.4, 0.5) is 0 Å². The van der Waals surface area contributed by atoms with Crippen molar-refractivity contribution in [3.05, 3.63) is 85.1 Å². The van der Waals surface area contributed by atoms with E-state index in [1.165, 1.54) is 64.2 Å². The molecule has 0 aliphatic carbocycles. The molecule has 0 saturated heterocycles. The summed E-state index contributed by atoms with van der Waals surface area (Å²) in [6.07, 6.45) is 56.1. The van der Waals surface area contributed by atoms with Gasteiger partial charge in [0.25, 0.3) is 0 Å². The highest BCUT2D eigenvalue weighted by atomic mass is 31.2. The van der Waals surface area contributed by atoms with Gasteiger partial charge in [-0.3, -0.25) is 13.8 Å². The first-order valence-corrected chi connectivity index (χ1v) is 23.6. The van der Waals surface area contributed by atoms with E-state index in [1.807, 2.05) is 0 Å². The summed E-state index contributed by atoms with van der Waals surface area (Å²) < 4.78 is 33.4. The van der Waals surface area contributed by atoms with Crippen molar-refractivity contribution >= 4 is 13.8 Å². The normalized spacial score (nSPS) is 14.3. The second kappa shape index (κ2) is 43.8. The van der Waals surface area contributed by atoms with Crippen LogP contribution in [0.2, 0.25) is 0 Å². The zero-order chi connectivity index (χ0) is 40.9. The number of nitrogens with two attached hydrogens (primary N) is 1. The fourth-order valence-electron chi connectivity index (χ4n) is 5.58. The van der Waals surface area contributed by atoms with Crippen LogP contribution in [0.5, 0.6) is 0 Å². The van der Waals surface area contributed by atoms with Gasteiger partial charge in [0.05, 0.1) is 19.8 Å².